The van der Waals surface area contributed by atoms with Gasteiger partial charge in [0, 0.05) is 12.6 Å². The van der Waals surface area contributed by atoms with Crippen LogP contribution in [0.15, 0.2) is 0 Å². The fraction of sp³-hybridized carbons (Fsp3) is 0.929. The molecule has 3 nitrogen and oxygen atoms in total. The van der Waals surface area contributed by atoms with Crippen LogP contribution in [0, 0.1) is 17.3 Å². The van der Waals surface area contributed by atoms with E-state index in [0.29, 0.717) is 12.6 Å². The van der Waals surface area contributed by atoms with Gasteiger partial charge < -0.3 is 11.1 Å². The van der Waals surface area contributed by atoms with Gasteiger partial charge >= 0.3 is 0 Å². The predicted molar refractivity (Wildman–Crippen MR) is 69.4 cm³/mol. The van der Waals surface area contributed by atoms with Crippen LogP contribution in [0.25, 0.3) is 0 Å². The molecule has 17 heavy (non-hydrogen) atoms. The largest absolute Gasteiger partial charge is 0.353 e. The van der Waals surface area contributed by atoms with Crippen LogP contribution >= 0.6 is 0 Å². The third-order valence-electron chi connectivity index (χ3n) is 4.78. The second-order valence-corrected chi connectivity index (χ2v) is 6.31. The van der Waals surface area contributed by atoms with Crippen LogP contribution in [0.2, 0.25) is 0 Å². The van der Waals surface area contributed by atoms with Crippen LogP contribution in [-0.4, -0.2) is 18.5 Å². The van der Waals surface area contributed by atoms with E-state index in [1.165, 1.54) is 12.8 Å². The molecular weight excluding hydrogens is 212 g/mol. The van der Waals surface area contributed by atoms with Gasteiger partial charge in [-0.15, -0.1) is 0 Å². The van der Waals surface area contributed by atoms with E-state index in [-0.39, 0.29) is 11.3 Å². The third-order valence-corrected chi connectivity index (χ3v) is 4.78. The second kappa shape index (κ2) is 4.97. The molecule has 98 valence electrons. The van der Waals surface area contributed by atoms with Crippen LogP contribution in [0.3, 0.4) is 0 Å². The first-order valence-electron chi connectivity index (χ1n) is 7.08. The predicted octanol–water partition coefficient (Wildman–Crippen LogP) is 2.06. The Labute approximate surface area is 105 Å². The lowest BCUT2D eigenvalue weighted by Crippen LogP contribution is -2.44. The molecule has 0 atom stereocenters. The van der Waals surface area contributed by atoms with Gasteiger partial charge in [0.05, 0.1) is 5.41 Å². The summed E-state index contributed by atoms with van der Waals surface area (Å²) in [5, 5.41) is 3.21. The molecule has 2 aliphatic rings. The molecule has 2 rings (SSSR count). The monoisotopic (exact) mass is 238 g/mol. The highest BCUT2D eigenvalue weighted by Crippen LogP contribution is 2.45. The molecule has 0 saturated heterocycles. The molecule has 0 heterocycles. The zero-order valence-electron chi connectivity index (χ0n) is 11.2. The Hall–Kier alpha value is -0.570. The van der Waals surface area contributed by atoms with Gasteiger partial charge in [0.1, 0.15) is 0 Å². The van der Waals surface area contributed by atoms with Gasteiger partial charge in [0.2, 0.25) is 5.91 Å². The number of nitrogens with two attached hydrogens (primary N) is 1. The third kappa shape index (κ3) is 2.82. The molecule has 3 N–H and O–H groups in total. The van der Waals surface area contributed by atoms with Crippen molar-refractivity contribution in [3.05, 3.63) is 0 Å². The first kappa shape index (κ1) is 12.9. The quantitative estimate of drug-likeness (QED) is 0.787. The van der Waals surface area contributed by atoms with Gasteiger partial charge in [-0.3, -0.25) is 4.79 Å². The van der Waals surface area contributed by atoms with Gasteiger partial charge in [-0.25, -0.2) is 0 Å². The van der Waals surface area contributed by atoms with E-state index >= 15 is 0 Å². The molecule has 0 bridgehead atoms. The maximum Gasteiger partial charge on any atom is 0.227 e. The van der Waals surface area contributed by atoms with E-state index in [9.17, 15) is 4.79 Å². The molecule has 0 aromatic carbocycles. The van der Waals surface area contributed by atoms with Crippen LogP contribution in [-0.2, 0) is 4.79 Å². The van der Waals surface area contributed by atoms with Gasteiger partial charge in [-0.2, -0.15) is 0 Å². The van der Waals surface area contributed by atoms with E-state index in [1.54, 1.807) is 0 Å². The molecule has 2 saturated carbocycles. The van der Waals surface area contributed by atoms with Crippen molar-refractivity contribution in [2.45, 2.75) is 58.4 Å². The smallest absolute Gasteiger partial charge is 0.227 e. The van der Waals surface area contributed by atoms with Gasteiger partial charge in [0.25, 0.3) is 0 Å². The lowest BCUT2D eigenvalue weighted by Gasteiger charge is -2.32. The van der Waals surface area contributed by atoms with E-state index in [0.717, 1.165) is 37.5 Å². The Kier molecular flexibility index (Phi) is 3.76. The Morgan fingerprint density at radius 1 is 1.29 bits per heavy atom. The van der Waals surface area contributed by atoms with Crippen molar-refractivity contribution in [1.29, 1.82) is 0 Å². The summed E-state index contributed by atoms with van der Waals surface area (Å²) in [7, 11) is 0. The van der Waals surface area contributed by atoms with Crippen LogP contribution in [0.5, 0.6) is 0 Å². The molecule has 3 heteroatoms. The average Bonchev–Trinajstić information content (AvgIpc) is 3.10. The summed E-state index contributed by atoms with van der Waals surface area (Å²) in [5.74, 6) is 1.85. The molecule has 0 radical (unpaired) electrons. The Bertz CT molecular complexity index is 276. The maximum atomic E-state index is 12.1. The number of carbonyl (C=O) groups excluding carboxylic acids is 1. The summed E-state index contributed by atoms with van der Waals surface area (Å²) in [6, 6.07) is 0.404. The summed E-state index contributed by atoms with van der Waals surface area (Å²) < 4.78 is 0. The highest BCUT2D eigenvalue weighted by molar-refractivity contribution is 5.85. The van der Waals surface area contributed by atoms with Gasteiger partial charge in [-0.05, 0) is 50.4 Å². The fourth-order valence-electron chi connectivity index (χ4n) is 2.94. The number of nitrogens with one attached hydrogen (secondary N) is 1. The maximum absolute atomic E-state index is 12.1. The molecule has 2 aliphatic carbocycles. The summed E-state index contributed by atoms with van der Waals surface area (Å²) in [6.07, 6.45) is 6.79. The number of amides is 1. The molecule has 0 aliphatic heterocycles. The van der Waals surface area contributed by atoms with E-state index in [4.69, 9.17) is 5.73 Å². The number of rotatable bonds is 4. The normalized spacial score (nSPS) is 31.3. The highest BCUT2D eigenvalue weighted by atomic mass is 16.2. The van der Waals surface area contributed by atoms with Crippen LogP contribution in [0.4, 0.5) is 0 Å². The zero-order chi connectivity index (χ0) is 12.5. The summed E-state index contributed by atoms with van der Waals surface area (Å²) in [5.41, 5.74) is 5.49. The van der Waals surface area contributed by atoms with E-state index < -0.39 is 0 Å². The summed E-state index contributed by atoms with van der Waals surface area (Å²) in [4.78, 5) is 12.1. The standard InChI is InChI=1S/C14H26N2O/c1-10(2)11-3-5-12(6-4-11)16-13(17)14(9-15)7-8-14/h10-12H,3-9,15H2,1-2H3,(H,16,17). The summed E-state index contributed by atoms with van der Waals surface area (Å²) in [6.45, 7) is 5.12. The minimum Gasteiger partial charge on any atom is -0.353 e. The second-order valence-electron chi connectivity index (χ2n) is 6.31. The Balaban J connectivity index is 1.77. The molecule has 2 fully saturated rings. The molecule has 0 aromatic heterocycles. The molecule has 0 unspecified atom stereocenters. The molecule has 0 aromatic rings. The van der Waals surface area contributed by atoms with Crippen LogP contribution in [0.1, 0.15) is 52.4 Å². The van der Waals surface area contributed by atoms with Gasteiger partial charge in [-0.1, -0.05) is 13.8 Å². The number of hydrogen-bond donors (Lipinski definition) is 2. The van der Waals surface area contributed by atoms with Crippen molar-refractivity contribution in [2.75, 3.05) is 6.54 Å². The van der Waals surface area contributed by atoms with Crippen molar-refractivity contribution in [3.8, 4) is 0 Å². The minimum atomic E-state index is -0.186. The van der Waals surface area contributed by atoms with Crippen molar-refractivity contribution >= 4 is 5.91 Å². The van der Waals surface area contributed by atoms with Crippen molar-refractivity contribution < 1.29 is 4.79 Å². The van der Waals surface area contributed by atoms with Crippen molar-refractivity contribution in [3.63, 3.8) is 0 Å². The van der Waals surface area contributed by atoms with E-state index in [1.807, 2.05) is 0 Å². The summed E-state index contributed by atoms with van der Waals surface area (Å²) >= 11 is 0. The van der Waals surface area contributed by atoms with Crippen LogP contribution < -0.4 is 11.1 Å². The van der Waals surface area contributed by atoms with Gasteiger partial charge in [0.15, 0.2) is 0 Å². The fourth-order valence-corrected chi connectivity index (χ4v) is 2.94. The first-order valence-corrected chi connectivity index (χ1v) is 7.08. The van der Waals surface area contributed by atoms with Crippen molar-refractivity contribution in [2.24, 2.45) is 23.0 Å². The molecule has 0 spiro atoms. The molecule has 1 amide bonds. The number of carbonyl (C=O) groups is 1. The highest BCUT2D eigenvalue weighted by Gasteiger charge is 2.49. The molecular formula is C14H26N2O. The Morgan fingerprint density at radius 2 is 1.88 bits per heavy atom. The Morgan fingerprint density at radius 3 is 2.29 bits per heavy atom. The topological polar surface area (TPSA) is 55.1 Å². The number of hydrogen-bond acceptors (Lipinski definition) is 2. The average molecular weight is 238 g/mol. The first-order chi connectivity index (χ1) is 8.07. The lowest BCUT2D eigenvalue weighted by molar-refractivity contribution is -0.127. The van der Waals surface area contributed by atoms with E-state index in [2.05, 4.69) is 19.2 Å². The lowest BCUT2D eigenvalue weighted by atomic mass is 9.79. The zero-order valence-corrected chi connectivity index (χ0v) is 11.2. The van der Waals surface area contributed by atoms with Crippen molar-refractivity contribution in [1.82, 2.24) is 5.32 Å². The SMILES string of the molecule is CC(C)C1CCC(NC(=O)C2(CN)CC2)CC1. The minimum absolute atomic E-state index is 0.186.